The van der Waals surface area contributed by atoms with Gasteiger partial charge in [-0.1, -0.05) is 19.1 Å². The molecule has 27 heavy (non-hydrogen) atoms. The van der Waals surface area contributed by atoms with Gasteiger partial charge in [0.05, 0.1) is 17.4 Å². The maximum Gasteiger partial charge on any atom is 0.416 e. The lowest BCUT2D eigenvalue weighted by molar-refractivity contribution is -0.137. The van der Waals surface area contributed by atoms with Crippen LogP contribution in [0, 0.1) is 5.92 Å². The molecule has 1 aromatic rings. The number of nitrogens with one attached hydrogen (secondary N) is 1. The summed E-state index contributed by atoms with van der Waals surface area (Å²) in [5.41, 5.74) is -0.378. The minimum Gasteiger partial charge on any atom is -0.349 e. The molecule has 1 fully saturated rings. The lowest BCUT2D eigenvalue weighted by Crippen LogP contribution is -2.44. The molecule has 5 nitrogen and oxygen atoms in total. The van der Waals surface area contributed by atoms with Crippen LogP contribution in [0.25, 0.3) is 0 Å². The highest BCUT2D eigenvalue weighted by molar-refractivity contribution is 7.89. The summed E-state index contributed by atoms with van der Waals surface area (Å²) in [6.07, 6.45) is -3.08. The van der Waals surface area contributed by atoms with Gasteiger partial charge in [0.25, 0.3) is 0 Å². The molecule has 1 aromatic carbocycles. The monoisotopic (exact) mass is 406 g/mol. The van der Waals surface area contributed by atoms with E-state index in [1.807, 2.05) is 0 Å². The van der Waals surface area contributed by atoms with Gasteiger partial charge in [-0.25, -0.2) is 12.7 Å². The Labute approximate surface area is 158 Å². The molecule has 1 amide bonds. The van der Waals surface area contributed by atoms with E-state index in [-0.39, 0.29) is 17.6 Å². The summed E-state index contributed by atoms with van der Waals surface area (Å²) in [5, 5.41) is 2.75. The Morgan fingerprint density at radius 3 is 2.48 bits per heavy atom. The minimum absolute atomic E-state index is 0.0937. The van der Waals surface area contributed by atoms with Gasteiger partial charge in [0.2, 0.25) is 15.9 Å². The van der Waals surface area contributed by atoms with Crippen molar-refractivity contribution in [2.75, 3.05) is 18.8 Å². The molecular formula is C18H25F3N2O3S. The topological polar surface area (TPSA) is 66.5 Å². The molecule has 152 valence electrons. The second-order valence-corrected chi connectivity index (χ2v) is 8.93. The summed E-state index contributed by atoms with van der Waals surface area (Å²) in [5.74, 6) is -0.505. The van der Waals surface area contributed by atoms with Crippen LogP contribution in [-0.4, -0.2) is 37.5 Å². The van der Waals surface area contributed by atoms with Crippen LogP contribution >= 0.6 is 0 Å². The molecule has 1 heterocycles. The first-order valence-electron chi connectivity index (χ1n) is 9.00. The third kappa shape index (κ3) is 5.68. The molecule has 0 aliphatic carbocycles. The summed E-state index contributed by atoms with van der Waals surface area (Å²) < 4.78 is 64.1. The number of amides is 1. The van der Waals surface area contributed by atoms with Crippen molar-refractivity contribution in [3.63, 3.8) is 0 Å². The van der Waals surface area contributed by atoms with Crippen LogP contribution in [0.5, 0.6) is 0 Å². The number of sulfonamides is 1. The Kier molecular flexibility index (Phi) is 6.91. The van der Waals surface area contributed by atoms with Crippen molar-refractivity contribution in [1.29, 1.82) is 0 Å². The summed E-state index contributed by atoms with van der Waals surface area (Å²) in [6, 6.07) is 4.31. The smallest absolute Gasteiger partial charge is 0.349 e. The Morgan fingerprint density at radius 1 is 1.30 bits per heavy atom. The molecule has 2 rings (SSSR count). The van der Waals surface area contributed by atoms with E-state index in [1.54, 1.807) is 19.9 Å². The minimum atomic E-state index is -4.43. The van der Waals surface area contributed by atoms with Crippen molar-refractivity contribution in [2.24, 2.45) is 5.92 Å². The van der Waals surface area contributed by atoms with Gasteiger partial charge in [-0.15, -0.1) is 0 Å². The number of halogens is 3. The van der Waals surface area contributed by atoms with Gasteiger partial charge < -0.3 is 5.32 Å². The van der Waals surface area contributed by atoms with E-state index < -0.39 is 27.8 Å². The second-order valence-electron chi connectivity index (χ2n) is 6.84. The van der Waals surface area contributed by atoms with E-state index in [2.05, 4.69) is 5.32 Å². The number of benzene rings is 1. The second kappa shape index (κ2) is 8.60. The predicted octanol–water partition coefficient (Wildman–Crippen LogP) is 3.33. The summed E-state index contributed by atoms with van der Waals surface area (Å²) in [4.78, 5) is 12.4. The van der Waals surface area contributed by atoms with Crippen LogP contribution in [0.4, 0.5) is 13.2 Å². The lowest BCUT2D eigenvalue weighted by atomic mass is 9.96. The molecule has 0 saturated carbocycles. The molecule has 1 unspecified atom stereocenters. The number of carbonyl (C=O) groups excluding carboxylic acids is 1. The number of rotatable bonds is 6. The molecule has 0 bridgehead atoms. The van der Waals surface area contributed by atoms with Crippen LogP contribution < -0.4 is 5.32 Å². The molecule has 0 spiro atoms. The third-order valence-electron chi connectivity index (χ3n) is 4.75. The fraction of sp³-hybridized carbons (Fsp3) is 0.611. The fourth-order valence-corrected chi connectivity index (χ4v) is 4.72. The van der Waals surface area contributed by atoms with E-state index in [4.69, 9.17) is 0 Å². The largest absolute Gasteiger partial charge is 0.416 e. The molecule has 1 atom stereocenters. The molecule has 1 saturated heterocycles. The normalized spacial score (nSPS) is 18.3. The first kappa shape index (κ1) is 21.7. The van der Waals surface area contributed by atoms with E-state index in [9.17, 15) is 26.4 Å². The highest BCUT2D eigenvalue weighted by atomic mass is 32.2. The summed E-state index contributed by atoms with van der Waals surface area (Å²) in [7, 11) is -3.27. The van der Waals surface area contributed by atoms with E-state index in [1.165, 1.54) is 10.4 Å². The standard InChI is InChI=1S/C18H25F3N2O3S/c1-3-11-27(25,26)23-9-7-14(8-10-23)17(24)22-13(2)15-5-4-6-16(12-15)18(19,20)21/h4-6,12-14H,3,7-11H2,1-2H3,(H,22,24). The van der Waals surface area contributed by atoms with E-state index in [0.717, 1.165) is 12.1 Å². The van der Waals surface area contributed by atoms with Gasteiger partial charge in [0.15, 0.2) is 0 Å². The van der Waals surface area contributed by atoms with Crippen LogP contribution in [0.2, 0.25) is 0 Å². The fourth-order valence-electron chi connectivity index (χ4n) is 3.18. The van der Waals surface area contributed by atoms with Crippen LogP contribution in [0.3, 0.4) is 0 Å². The van der Waals surface area contributed by atoms with Gasteiger partial charge in [0, 0.05) is 19.0 Å². The van der Waals surface area contributed by atoms with Gasteiger partial charge in [-0.05, 0) is 43.9 Å². The molecule has 0 aromatic heterocycles. The van der Waals surface area contributed by atoms with Crippen molar-refractivity contribution < 1.29 is 26.4 Å². The van der Waals surface area contributed by atoms with Gasteiger partial charge in [0.1, 0.15) is 0 Å². The van der Waals surface area contributed by atoms with Gasteiger partial charge in [-0.2, -0.15) is 13.2 Å². The number of hydrogen-bond acceptors (Lipinski definition) is 3. The molecule has 0 radical (unpaired) electrons. The maximum absolute atomic E-state index is 12.8. The van der Waals surface area contributed by atoms with Crippen LogP contribution in [0.15, 0.2) is 24.3 Å². The molecule has 1 aliphatic rings. The lowest BCUT2D eigenvalue weighted by Gasteiger charge is -2.31. The average Bonchev–Trinajstić information content (AvgIpc) is 2.61. The average molecular weight is 406 g/mol. The number of nitrogens with zero attached hydrogens (tertiary/aromatic N) is 1. The van der Waals surface area contributed by atoms with Crippen molar-refractivity contribution in [3.8, 4) is 0 Å². The first-order chi connectivity index (χ1) is 12.5. The van der Waals surface area contributed by atoms with Gasteiger partial charge in [-0.3, -0.25) is 4.79 Å². The van der Waals surface area contributed by atoms with Crippen molar-refractivity contribution >= 4 is 15.9 Å². The van der Waals surface area contributed by atoms with Crippen molar-refractivity contribution in [1.82, 2.24) is 9.62 Å². The maximum atomic E-state index is 12.8. The molecule has 1 aliphatic heterocycles. The van der Waals surface area contributed by atoms with Crippen LogP contribution in [0.1, 0.15) is 50.3 Å². The Morgan fingerprint density at radius 2 is 1.93 bits per heavy atom. The zero-order chi connectivity index (χ0) is 20.2. The molecule has 9 heteroatoms. The predicted molar refractivity (Wildman–Crippen MR) is 96.4 cm³/mol. The summed E-state index contributed by atoms with van der Waals surface area (Å²) in [6.45, 7) is 4.01. The summed E-state index contributed by atoms with van der Waals surface area (Å²) >= 11 is 0. The van der Waals surface area contributed by atoms with Gasteiger partial charge >= 0.3 is 6.18 Å². The number of piperidine rings is 1. The number of carbonyl (C=O) groups is 1. The van der Waals surface area contributed by atoms with E-state index in [0.29, 0.717) is 37.9 Å². The zero-order valence-electron chi connectivity index (χ0n) is 15.4. The number of hydrogen-bond donors (Lipinski definition) is 1. The SMILES string of the molecule is CCCS(=O)(=O)N1CCC(C(=O)NC(C)c2cccc(C(F)(F)F)c2)CC1. The molecular weight excluding hydrogens is 381 g/mol. The number of alkyl halides is 3. The van der Waals surface area contributed by atoms with Crippen LogP contribution in [-0.2, 0) is 21.0 Å². The quantitative estimate of drug-likeness (QED) is 0.788. The Hall–Kier alpha value is -1.61. The van der Waals surface area contributed by atoms with Crippen molar-refractivity contribution in [3.05, 3.63) is 35.4 Å². The van der Waals surface area contributed by atoms with E-state index >= 15 is 0 Å². The Balaban J connectivity index is 1.95. The third-order valence-corrected chi connectivity index (χ3v) is 6.83. The highest BCUT2D eigenvalue weighted by Crippen LogP contribution is 2.31. The Bertz CT molecular complexity index is 757. The molecule has 1 N–H and O–H groups in total. The first-order valence-corrected chi connectivity index (χ1v) is 10.6. The highest BCUT2D eigenvalue weighted by Gasteiger charge is 2.32. The zero-order valence-corrected chi connectivity index (χ0v) is 16.2. The van der Waals surface area contributed by atoms with Crippen molar-refractivity contribution in [2.45, 2.75) is 45.3 Å².